The van der Waals surface area contributed by atoms with Gasteiger partial charge in [-0.25, -0.2) is 9.59 Å². The Morgan fingerprint density at radius 1 is 1.32 bits per heavy atom. The van der Waals surface area contributed by atoms with Crippen LogP contribution >= 0.6 is 0 Å². The van der Waals surface area contributed by atoms with Crippen molar-refractivity contribution in [3.05, 3.63) is 48.6 Å². The number of benzene rings is 1. The normalized spacial score (nSPS) is 11.2. The molecule has 1 aromatic rings. The highest BCUT2D eigenvalue weighted by atomic mass is 16.6. The maximum absolute atomic E-state index is 11.6. The van der Waals surface area contributed by atoms with Gasteiger partial charge in [0.05, 0.1) is 0 Å². The van der Waals surface area contributed by atoms with Gasteiger partial charge in [-0.15, -0.1) is 0 Å². The van der Waals surface area contributed by atoms with Crippen molar-refractivity contribution in [2.24, 2.45) is 0 Å². The van der Waals surface area contributed by atoms with Crippen LogP contribution in [0.1, 0.15) is 12.5 Å². The Balaban J connectivity index is 2.32. The predicted molar refractivity (Wildman–Crippen MR) is 70.4 cm³/mol. The van der Waals surface area contributed by atoms with Crippen molar-refractivity contribution in [1.82, 2.24) is 5.32 Å². The molecule has 0 bridgehead atoms. The largest absolute Gasteiger partial charge is 0.459 e. The van der Waals surface area contributed by atoms with Gasteiger partial charge in [0.1, 0.15) is 19.3 Å². The second kappa shape index (κ2) is 7.92. The van der Waals surface area contributed by atoms with Crippen LogP contribution in [0, 0.1) is 0 Å². The lowest BCUT2D eigenvalue weighted by atomic mass is 10.2. The topological polar surface area (TPSA) is 64.6 Å². The number of hydrogen-bond acceptors (Lipinski definition) is 4. The Morgan fingerprint density at radius 2 is 2.00 bits per heavy atom. The van der Waals surface area contributed by atoms with E-state index in [0.717, 1.165) is 5.56 Å². The second-order valence-electron chi connectivity index (χ2n) is 3.85. The molecule has 0 aliphatic heterocycles. The molecule has 0 aliphatic rings. The maximum atomic E-state index is 11.6. The minimum absolute atomic E-state index is 0.0949. The average molecular weight is 263 g/mol. The van der Waals surface area contributed by atoms with Gasteiger partial charge in [0.15, 0.2) is 0 Å². The van der Waals surface area contributed by atoms with Gasteiger partial charge in [-0.1, -0.05) is 43.0 Å². The van der Waals surface area contributed by atoms with E-state index >= 15 is 0 Å². The first-order chi connectivity index (χ1) is 9.13. The summed E-state index contributed by atoms with van der Waals surface area (Å²) in [6, 6.07) is 8.54. The van der Waals surface area contributed by atoms with Gasteiger partial charge in [-0.05, 0) is 12.5 Å². The van der Waals surface area contributed by atoms with E-state index in [4.69, 9.17) is 9.47 Å². The van der Waals surface area contributed by atoms with E-state index in [1.165, 1.54) is 13.0 Å². The lowest BCUT2D eigenvalue weighted by Gasteiger charge is -2.13. The van der Waals surface area contributed by atoms with Crippen LogP contribution in [0.25, 0.3) is 0 Å². The Hall–Kier alpha value is -2.30. The van der Waals surface area contributed by atoms with Gasteiger partial charge >= 0.3 is 12.1 Å². The van der Waals surface area contributed by atoms with Crippen LogP contribution in [0.4, 0.5) is 4.79 Å². The van der Waals surface area contributed by atoms with Gasteiger partial charge in [0.2, 0.25) is 0 Å². The highest BCUT2D eigenvalue weighted by Crippen LogP contribution is 2.01. The van der Waals surface area contributed by atoms with E-state index in [2.05, 4.69) is 11.9 Å². The first-order valence-corrected chi connectivity index (χ1v) is 5.88. The number of ether oxygens (including phenoxy) is 2. The molecular formula is C14H17NO4. The summed E-state index contributed by atoms with van der Waals surface area (Å²) in [6.07, 6.45) is 0.766. The number of carbonyl (C=O) groups is 2. The summed E-state index contributed by atoms with van der Waals surface area (Å²) in [6.45, 7) is 5.21. The number of hydrogen-bond donors (Lipinski definition) is 1. The molecule has 0 heterocycles. The molecule has 5 heteroatoms. The molecule has 5 nitrogen and oxygen atoms in total. The van der Waals surface area contributed by atoms with Crippen molar-refractivity contribution in [3.63, 3.8) is 0 Å². The van der Waals surface area contributed by atoms with Crippen LogP contribution in [0.15, 0.2) is 43.0 Å². The fourth-order valence-electron chi connectivity index (χ4n) is 1.27. The molecule has 0 saturated heterocycles. The highest BCUT2D eigenvalue weighted by molar-refractivity contribution is 5.80. The van der Waals surface area contributed by atoms with Gasteiger partial charge in [0, 0.05) is 0 Å². The predicted octanol–water partition coefficient (Wildman–Crippen LogP) is 2.03. The van der Waals surface area contributed by atoms with Gasteiger partial charge in [-0.2, -0.15) is 0 Å². The Bertz CT molecular complexity index is 430. The minimum Gasteiger partial charge on any atom is -0.459 e. The van der Waals surface area contributed by atoms with Gasteiger partial charge in [0.25, 0.3) is 0 Å². The molecule has 19 heavy (non-hydrogen) atoms. The summed E-state index contributed by atoms with van der Waals surface area (Å²) in [4.78, 5) is 22.8. The van der Waals surface area contributed by atoms with Gasteiger partial charge < -0.3 is 14.8 Å². The van der Waals surface area contributed by atoms with Crippen molar-refractivity contribution in [1.29, 1.82) is 0 Å². The molecule has 1 amide bonds. The molecule has 0 saturated carbocycles. The summed E-state index contributed by atoms with van der Waals surface area (Å²) < 4.78 is 9.76. The molecule has 0 radical (unpaired) electrons. The molecule has 1 N–H and O–H groups in total. The van der Waals surface area contributed by atoms with E-state index in [0.29, 0.717) is 0 Å². The molecule has 0 aliphatic carbocycles. The zero-order chi connectivity index (χ0) is 14.1. The Labute approximate surface area is 112 Å². The van der Waals surface area contributed by atoms with Crippen LogP contribution in [0.3, 0.4) is 0 Å². The molecule has 1 atom stereocenters. The number of esters is 1. The summed E-state index contributed by atoms with van der Waals surface area (Å²) >= 11 is 0. The van der Waals surface area contributed by atoms with Crippen LogP contribution in [0.2, 0.25) is 0 Å². The summed E-state index contributed by atoms with van der Waals surface area (Å²) in [5, 5.41) is 2.37. The number of alkyl carbamates (subject to hydrolysis) is 1. The monoisotopic (exact) mass is 263 g/mol. The Morgan fingerprint density at radius 3 is 2.63 bits per heavy atom. The summed E-state index contributed by atoms with van der Waals surface area (Å²) in [5.41, 5.74) is 0.886. The fraction of sp³-hybridized carbons (Fsp3) is 0.286. The number of nitrogens with one attached hydrogen (secondary N) is 1. The average Bonchev–Trinajstić information content (AvgIpc) is 2.43. The molecule has 0 unspecified atom stereocenters. The molecule has 1 aromatic carbocycles. The van der Waals surface area contributed by atoms with Crippen molar-refractivity contribution in [2.75, 3.05) is 6.61 Å². The number of amides is 1. The van der Waals surface area contributed by atoms with E-state index in [9.17, 15) is 9.59 Å². The Kier molecular flexibility index (Phi) is 6.15. The number of carbonyl (C=O) groups excluding carboxylic acids is 2. The highest BCUT2D eigenvalue weighted by Gasteiger charge is 2.17. The lowest BCUT2D eigenvalue weighted by molar-refractivity contribution is -0.146. The zero-order valence-electron chi connectivity index (χ0n) is 10.8. The smallest absolute Gasteiger partial charge is 0.408 e. The number of rotatable bonds is 6. The molecular weight excluding hydrogens is 246 g/mol. The van der Waals surface area contributed by atoms with E-state index in [1.807, 2.05) is 30.3 Å². The van der Waals surface area contributed by atoms with Crippen LogP contribution in [0.5, 0.6) is 0 Å². The van der Waals surface area contributed by atoms with E-state index < -0.39 is 18.1 Å². The quantitative estimate of drug-likeness (QED) is 0.630. The SMILES string of the molecule is C=CCOC(=O)N[C@@H](C)C(=O)OCc1ccccc1. The van der Waals surface area contributed by atoms with Crippen molar-refractivity contribution in [2.45, 2.75) is 19.6 Å². The third kappa shape index (κ3) is 5.72. The van der Waals surface area contributed by atoms with Crippen LogP contribution in [-0.2, 0) is 20.9 Å². The molecule has 0 aromatic heterocycles. The van der Waals surface area contributed by atoms with Gasteiger partial charge in [-0.3, -0.25) is 0 Å². The van der Waals surface area contributed by atoms with Crippen molar-refractivity contribution in [3.8, 4) is 0 Å². The molecule has 0 fully saturated rings. The fourth-order valence-corrected chi connectivity index (χ4v) is 1.27. The third-order valence-corrected chi connectivity index (χ3v) is 2.24. The molecule has 1 rings (SSSR count). The van der Waals surface area contributed by atoms with Crippen molar-refractivity contribution >= 4 is 12.1 Å². The third-order valence-electron chi connectivity index (χ3n) is 2.24. The van der Waals surface area contributed by atoms with Crippen LogP contribution in [-0.4, -0.2) is 24.7 Å². The summed E-state index contributed by atoms with van der Waals surface area (Å²) in [5.74, 6) is -0.514. The minimum atomic E-state index is -0.763. The van der Waals surface area contributed by atoms with Crippen LogP contribution < -0.4 is 5.32 Å². The molecule has 0 spiro atoms. The lowest BCUT2D eigenvalue weighted by Crippen LogP contribution is -2.39. The summed E-state index contributed by atoms with van der Waals surface area (Å²) in [7, 11) is 0. The maximum Gasteiger partial charge on any atom is 0.408 e. The van der Waals surface area contributed by atoms with Crippen molar-refractivity contribution < 1.29 is 19.1 Å². The first kappa shape index (κ1) is 14.8. The second-order valence-corrected chi connectivity index (χ2v) is 3.85. The standard InChI is InChI=1S/C14H17NO4/c1-3-9-18-14(17)15-11(2)13(16)19-10-12-7-5-4-6-8-12/h3-8,11H,1,9-10H2,2H3,(H,15,17)/t11-/m0/s1. The first-order valence-electron chi connectivity index (χ1n) is 5.88. The molecule has 102 valence electrons. The van der Waals surface area contributed by atoms with E-state index in [-0.39, 0.29) is 13.2 Å². The zero-order valence-corrected chi connectivity index (χ0v) is 10.8. The van der Waals surface area contributed by atoms with E-state index in [1.54, 1.807) is 0 Å².